The van der Waals surface area contributed by atoms with Gasteiger partial charge < -0.3 is 10.1 Å². The van der Waals surface area contributed by atoms with E-state index >= 15 is 0 Å². The molecule has 4 nitrogen and oxygen atoms in total. The van der Waals surface area contributed by atoms with Gasteiger partial charge in [0.15, 0.2) is 6.61 Å². The molecule has 0 aliphatic heterocycles. The van der Waals surface area contributed by atoms with Gasteiger partial charge in [0.1, 0.15) is 0 Å². The van der Waals surface area contributed by atoms with E-state index in [1.54, 1.807) is 24.4 Å². The predicted molar refractivity (Wildman–Crippen MR) is 72.5 cm³/mol. The average Bonchev–Trinajstić information content (AvgIpc) is 2.38. The number of halogens is 1. The van der Waals surface area contributed by atoms with Crippen LogP contribution in [0.15, 0.2) is 53.1 Å². The first-order chi connectivity index (χ1) is 8.74. The second-order valence-corrected chi connectivity index (χ2v) is 4.43. The van der Waals surface area contributed by atoms with Crippen LogP contribution in [-0.4, -0.2) is 17.5 Å². The van der Waals surface area contributed by atoms with Crippen LogP contribution in [0.25, 0.3) is 0 Å². The molecule has 18 heavy (non-hydrogen) atoms. The van der Waals surface area contributed by atoms with E-state index in [-0.39, 0.29) is 12.5 Å². The van der Waals surface area contributed by atoms with Gasteiger partial charge in [0.05, 0.1) is 0 Å². The standard InChI is InChI=1S/C13H11BrN2O2/c14-10-4-3-5-11(8-10)16-12(17)9-18-13-6-1-2-7-15-13/h1-8H,9H2,(H,16,17). The van der Waals surface area contributed by atoms with Crippen molar-refractivity contribution in [3.63, 3.8) is 0 Å². The van der Waals surface area contributed by atoms with Gasteiger partial charge in [0, 0.05) is 22.4 Å². The number of benzene rings is 1. The molecular weight excluding hydrogens is 296 g/mol. The van der Waals surface area contributed by atoms with Gasteiger partial charge in [0.2, 0.25) is 5.88 Å². The van der Waals surface area contributed by atoms with Crippen LogP contribution >= 0.6 is 15.9 Å². The van der Waals surface area contributed by atoms with Crippen molar-refractivity contribution in [2.45, 2.75) is 0 Å². The zero-order valence-electron chi connectivity index (χ0n) is 9.47. The lowest BCUT2D eigenvalue weighted by Gasteiger charge is -2.06. The smallest absolute Gasteiger partial charge is 0.262 e. The van der Waals surface area contributed by atoms with Crippen LogP contribution in [0.2, 0.25) is 0 Å². The van der Waals surface area contributed by atoms with Crippen molar-refractivity contribution in [2.75, 3.05) is 11.9 Å². The van der Waals surface area contributed by atoms with Crippen LogP contribution in [0.3, 0.4) is 0 Å². The zero-order valence-corrected chi connectivity index (χ0v) is 11.1. The van der Waals surface area contributed by atoms with E-state index in [0.717, 1.165) is 10.2 Å². The molecule has 0 saturated carbocycles. The van der Waals surface area contributed by atoms with Crippen LogP contribution < -0.4 is 10.1 Å². The van der Waals surface area contributed by atoms with E-state index in [1.165, 1.54) is 0 Å². The maximum absolute atomic E-state index is 11.6. The van der Waals surface area contributed by atoms with Crippen molar-refractivity contribution in [3.05, 3.63) is 53.1 Å². The van der Waals surface area contributed by atoms with Crippen molar-refractivity contribution in [2.24, 2.45) is 0 Å². The van der Waals surface area contributed by atoms with Gasteiger partial charge in [-0.15, -0.1) is 0 Å². The van der Waals surface area contributed by atoms with Gasteiger partial charge in [0.25, 0.3) is 5.91 Å². The molecule has 0 spiro atoms. The number of anilines is 1. The first kappa shape index (κ1) is 12.6. The molecule has 0 fully saturated rings. The highest BCUT2D eigenvalue weighted by molar-refractivity contribution is 9.10. The number of aromatic nitrogens is 1. The summed E-state index contributed by atoms with van der Waals surface area (Å²) in [7, 11) is 0. The average molecular weight is 307 g/mol. The zero-order chi connectivity index (χ0) is 12.8. The van der Waals surface area contributed by atoms with Gasteiger partial charge in [-0.25, -0.2) is 4.98 Å². The summed E-state index contributed by atoms with van der Waals surface area (Å²) in [6.07, 6.45) is 1.61. The number of hydrogen-bond acceptors (Lipinski definition) is 3. The van der Waals surface area contributed by atoms with E-state index in [0.29, 0.717) is 5.88 Å². The van der Waals surface area contributed by atoms with E-state index < -0.39 is 0 Å². The molecule has 0 radical (unpaired) electrons. The topological polar surface area (TPSA) is 51.2 Å². The van der Waals surface area contributed by atoms with Crippen LogP contribution in [0.5, 0.6) is 5.88 Å². The number of carbonyl (C=O) groups is 1. The van der Waals surface area contributed by atoms with Crippen LogP contribution in [0, 0.1) is 0 Å². The third-order valence-corrected chi connectivity index (χ3v) is 2.59. The summed E-state index contributed by atoms with van der Waals surface area (Å²) < 4.78 is 6.14. The second kappa shape index (κ2) is 6.16. The highest BCUT2D eigenvalue weighted by atomic mass is 79.9. The Hall–Kier alpha value is -1.88. The van der Waals surface area contributed by atoms with Gasteiger partial charge in [-0.05, 0) is 24.3 Å². The summed E-state index contributed by atoms with van der Waals surface area (Å²) in [5.41, 5.74) is 0.721. The molecule has 1 amide bonds. The number of amides is 1. The third kappa shape index (κ3) is 3.85. The van der Waals surface area contributed by atoms with Crippen molar-refractivity contribution in [1.82, 2.24) is 4.98 Å². The summed E-state index contributed by atoms with van der Waals surface area (Å²) in [5, 5.41) is 2.73. The SMILES string of the molecule is O=C(COc1ccccn1)Nc1cccc(Br)c1. The van der Waals surface area contributed by atoms with Gasteiger partial charge in [-0.1, -0.05) is 28.1 Å². The Morgan fingerprint density at radius 1 is 1.28 bits per heavy atom. The van der Waals surface area contributed by atoms with Crippen molar-refractivity contribution < 1.29 is 9.53 Å². The summed E-state index contributed by atoms with van der Waals surface area (Å²) >= 11 is 3.34. The first-order valence-electron chi connectivity index (χ1n) is 5.33. The van der Waals surface area contributed by atoms with Crippen LogP contribution in [-0.2, 0) is 4.79 Å². The van der Waals surface area contributed by atoms with Crippen LogP contribution in [0.4, 0.5) is 5.69 Å². The monoisotopic (exact) mass is 306 g/mol. The molecule has 0 bridgehead atoms. The van der Waals surface area contributed by atoms with Crippen LogP contribution in [0.1, 0.15) is 0 Å². The molecule has 0 aliphatic carbocycles. The van der Waals surface area contributed by atoms with E-state index in [9.17, 15) is 4.79 Å². The van der Waals surface area contributed by atoms with Gasteiger partial charge in [-0.3, -0.25) is 4.79 Å². The Bertz CT molecular complexity index is 532. The van der Waals surface area contributed by atoms with E-state index in [4.69, 9.17) is 4.74 Å². The minimum atomic E-state index is -0.223. The van der Waals surface area contributed by atoms with Gasteiger partial charge >= 0.3 is 0 Å². The Balaban J connectivity index is 1.86. The quantitative estimate of drug-likeness (QED) is 0.945. The normalized spacial score (nSPS) is 9.83. The molecule has 2 aromatic rings. The third-order valence-electron chi connectivity index (χ3n) is 2.10. The highest BCUT2D eigenvalue weighted by Gasteiger charge is 2.04. The molecule has 1 aromatic heterocycles. The fourth-order valence-corrected chi connectivity index (χ4v) is 1.73. The van der Waals surface area contributed by atoms with E-state index in [1.807, 2.05) is 24.3 Å². The number of hydrogen-bond donors (Lipinski definition) is 1. The number of ether oxygens (including phenoxy) is 1. The highest BCUT2D eigenvalue weighted by Crippen LogP contribution is 2.15. The second-order valence-electron chi connectivity index (χ2n) is 3.52. The fourth-order valence-electron chi connectivity index (χ4n) is 1.34. The predicted octanol–water partition coefficient (Wildman–Crippen LogP) is 2.86. The van der Waals surface area contributed by atoms with Crippen molar-refractivity contribution in [1.29, 1.82) is 0 Å². The molecule has 1 heterocycles. The molecule has 5 heteroatoms. The summed E-state index contributed by atoms with van der Waals surface area (Å²) in [5.74, 6) is 0.209. The Morgan fingerprint density at radius 2 is 2.17 bits per heavy atom. The minimum Gasteiger partial charge on any atom is -0.468 e. The van der Waals surface area contributed by atoms with Crippen molar-refractivity contribution >= 4 is 27.5 Å². The number of carbonyl (C=O) groups excluding carboxylic acids is 1. The van der Waals surface area contributed by atoms with Crippen molar-refractivity contribution in [3.8, 4) is 5.88 Å². The lowest BCUT2D eigenvalue weighted by molar-refractivity contribution is -0.118. The number of rotatable bonds is 4. The molecule has 2 rings (SSSR count). The molecule has 0 saturated heterocycles. The lowest BCUT2D eigenvalue weighted by Crippen LogP contribution is -2.20. The number of pyridine rings is 1. The largest absolute Gasteiger partial charge is 0.468 e. The fraction of sp³-hybridized carbons (Fsp3) is 0.0769. The summed E-state index contributed by atoms with van der Waals surface area (Å²) in [4.78, 5) is 15.6. The molecule has 0 aliphatic rings. The van der Waals surface area contributed by atoms with E-state index in [2.05, 4.69) is 26.2 Å². The Morgan fingerprint density at radius 3 is 2.89 bits per heavy atom. The van der Waals surface area contributed by atoms with Gasteiger partial charge in [-0.2, -0.15) is 0 Å². The molecule has 0 unspecified atom stereocenters. The summed E-state index contributed by atoms with van der Waals surface area (Å²) in [6.45, 7) is -0.0659. The maximum atomic E-state index is 11.6. The molecule has 1 N–H and O–H groups in total. The minimum absolute atomic E-state index is 0.0659. The summed E-state index contributed by atoms with van der Waals surface area (Å²) in [6, 6.07) is 12.6. The molecule has 0 atom stereocenters. The lowest BCUT2D eigenvalue weighted by atomic mass is 10.3. The Kier molecular flexibility index (Phi) is 4.30. The maximum Gasteiger partial charge on any atom is 0.262 e. The first-order valence-corrected chi connectivity index (χ1v) is 6.12. The number of nitrogens with zero attached hydrogens (tertiary/aromatic N) is 1. The molecular formula is C13H11BrN2O2. The number of nitrogens with one attached hydrogen (secondary N) is 1. The molecule has 1 aromatic carbocycles. The Labute approximate surface area is 113 Å². The molecule has 92 valence electrons.